The van der Waals surface area contributed by atoms with Crippen molar-refractivity contribution in [2.45, 2.75) is 18.9 Å². The van der Waals surface area contributed by atoms with Gasteiger partial charge in [0.05, 0.1) is 0 Å². The standard InChI is InChI=1S/C13H15N5O2/c14-13-16-11(17-18-13)5-6-15-12(19)10-7-8-3-1-2-4-9(8)20-10/h1-4,10H,5-7H2,(H,15,19)(H3,14,16,17,18). The Morgan fingerprint density at radius 3 is 3.10 bits per heavy atom. The van der Waals surface area contributed by atoms with E-state index in [1.165, 1.54) is 0 Å². The summed E-state index contributed by atoms with van der Waals surface area (Å²) in [6.45, 7) is 0.462. The lowest BCUT2D eigenvalue weighted by molar-refractivity contribution is -0.127. The average molecular weight is 273 g/mol. The van der Waals surface area contributed by atoms with Crippen LogP contribution >= 0.6 is 0 Å². The summed E-state index contributed by atoms with van der Waals surface area (Å²) in [7, 11) is 0. The number of hydrogen-bond acceptors (Lipinski definition) is 5. The highest BCUT2D eigenvalue weighted by Gasteiger charge is 2.28. The van der Waals surface area contributed by atoms with Crippen LogP contribution in [0.3, 0.4) is 0 Å². The van der Waals surface area contributed by atoms with Gasteiger partial charge in [0.25, 0.3) is 5.91 Å². The Kier molecular flexibility index (Phi) is 3.24. The minimum absolute atomic E-state index is 0.117. The summed E-state index contributed by atoms with van der Waals surface area (Å²) in [5.41, 5.74) is 6.46. The number of rotatable bonds is 4. The maximum atomic E-state index is 12.0. The van der Waals surface area contributed by atoms with Gasteiger partial charge in [-0.25, -0.2) is 0 Å². The number of nitrogens with two attached hydrogens (primary N) is 1. The average Bonchev–Trinajstić information content (AvgIpc) is 3.04. The number of anilines is 1. The minimum atomic E-state index is -0.452. The Morgan fingerprint density at radius 1 is 1.50 bits per heavy atom. The highest BCUT2D eigenvalue weighted by molar-refractivity contribution is 5.82. The van der Waals surface area contributed by atoms with Crippen molar-refractivity contribution in [3.05, 3.63) is 35.7 Å². The Labute approximate surface area is 115 Å². The molecule has 3 rings (SSSR count). The molecule has 20 heavy (non-hydrogen) atoms. The van der Waals surface area contributed by atoms with Gasteiger partial charge < -0.3 is 15.8 Å². The van der Waals surface area contributed by atoms with Gasteiger partial charge in [-0.05, 0) is 11.6 Å². The fraction of sp³-hybridized carbons (Fsp3) is 0.308. The fourth-order valence-electron chi connectivity index (χ4n) is 2.17. The number of fused-ring (bicyclic) bond motifs is 1. The van der Waals surface area contributed by atoms with Crippen molar-refractivity contribution in [2.75, 3.05) is 12.3 Å². The van der Waals surface area contributed by atoms with E-state index in [9.17, 15) is 4.79 Å². The monoisotopic (exact) mass is 273 g/mol. The molecular formula is C13H15N5O2. The smallest absolute Gasteiger partial charge is 0.261 e. The molecule has 1 aromatic heterocycles. The number of carbonyl (C=O) groups excluding carboxylic acids is 1. The Balaban J connectivity index is 1.49. The molecule has 0 spiro atoms. The summed E-state index contributed by atoms with van der Waals surface area (Å²) >= 11 is 0. The van der Waals surface area contributed by atoms with E-state index in [0.29, 0.717) is 25.2 Å². The zero-order valence-electron chi connectivity index (χ0n) is 10.8. The molecule has 4 N–H and O–H groups in total. The second-order valence-electron chi connectivity index (χ2n) is 4.60. The third-order valence-corrected chi connectivity index (χ3v) is 3.15. The van der Waals surface area contributed by atoms with Crippen LogP contribution < -0.4 is 15.8 Å². The maximum Gasteiger partial charge on any atom is 0.261 e. The molecule has 1 atom stereocenters. The molecule has 1 unspecified atom stereocenters. The first-order valence-electron chi connectivity index (χ1n) is 6.41. The van der Waals surface area contributed by atoms with Crippen molar-refractivity contribution >= 4 is 11.9 Å². The van der Waals surface area contributed by atoms with E-state index < -0.39 is 6.10 Å². The summed E-state index contributed by atoms with van der Waals surface area (Å²) in [5, 5.41) is 9.24. The molecule has 7 nitrogen and oxygen atoms in total. The summed E-state index contributed by atoms with van der Waals surface area (Å²) in [5.74, 6) is 1.53. The predicted molar refractivity (Wildman–Crippen MR) is 72.1 cm³/mol. The van der Waals surface area contributed by atoms with E-state index >= 15 is 0 Å². The van der Waals surface area contributed by atoms with Gasteiger partial charge in [0.1, 0.15) is 11.6 Å². The van der Waals surface area contributed by atoms with Gasteiger partial charge in [0, 0.05) is 19.4 Å². The van der Waals surface area contributed by atoms with E-state index in [1.54, 1.807) is 0 Å². The summed E-state index contributed by atoms with van der Waals surface area (Å²) in [6, 6.07) is 7.68. The number of nitrogens with one attached hydrogen (secondary N) is 2. The minimum Gasteiger partial charge on any atom is -0.480 e. The molecule has 0 fully saturated rings. The summed E-state index contributed by atoms with van der Waals surface area (Å²) < 4.78 is 5.61. The lowest BCUT2D eigenvalue weighted by Crippen LogP contribution is -2.38. The van der Waals surface area contributed by atoms with Crippen molar-refractivity contribution in [1.29, 1.82) is 0 Å². The van der Waals surface area contributed by atoms with Crippen LogP contribution in [0.1, 0.15) is 11.4 Å². The molecule has 0 bridgehead atoms. The van der Waals surface area contributed by atoms with Gasteiger partial charge in [0.2, 0.25) is 5.95 Å². The van der Waals surface area contributed by atoms with Crippen LogP contribution in [0.5, 0.6) is 5.75 Å². The number of ether oxygens (including phenoxy) is 1. The number of para-hydroxylation sites is 1. The van der Waals surface area contributed by atoms with E-state index in [1.807, 2.05) is 24.3 Å². The number of nitrogens with zero attached hydrogens (tertiary/aromatic N) is 2. The van der Waals surface area contributed by atoms with E-state index in [4.69, 9.17) is 10.5 Å². The van der Waals surface area contributed by atoms with Crippen molar-refractivity contribution in [3.8, 4) is 5.75 Å². The molecule has 0 aliphatic carbocycles. The van der Waals surface area contributed by atoms with Crippen LogP contribution in [0.25, 0.3) is 0 Å². The lowest BCUT2D eigenvalue weighted by atomic mass is 10.1. The molecule has 0 saturated carbocycles. The highest BCUT2D eigenvalue weighted by Crippen LogP contribution is 2.27. The maximum absolute atomic E-state index is 12.0. The largest absolute Gasteiger partial charge is 0.480 e. The van der Waals surface area contributed by atoms with Crippen molar-refractivity contribution in [2.24, 2.45) is 0 Å². The Morgan fingerprint density at radius 2 is 2.35 bits per heavy atom. The van der Waals surface area contributed by atoms with Crippen molar-refractivity contribution in [3.63, 3.8) is 0 Å². The van der Waals surface area contributed by atoms with Gasteiger partial charge in [-0.3, -0.25) is 9.89 Å². The van der Waals surface area contributed by atoms with E-state index in [2.05, 4.69) is 20.5 Å². The van der Waals surface area contributed by atoms with Gasteiger partial charge in [-0.2, -0.15) is 4.98 Å². The second kappa shape index (κ2) is 5.20. The Bertz CT molecular complexity index is 600. The van der Waals surface area contributed by atoms with E-state index in [-0.39, 0.29) is 11.9 Å². The third kappa shape index (κ3) is 2.56. The first-order valence-corrected chi connectivity index (χ1v) is 6.41. The molecule has 1 aromatic carbocycles. The molecule has 0 radical (unpaired) electrons. The topological polar surface area (TPSA) is 106 Å². The zero-order valence-corrected chi connectivity index (χ0v) is 10.8. The second-order valence-corrected chi connectivity index (χ2v) is 4.60. The number of amides is 1. The van der Waals surface area contributed by atoms with Gasteiger partial charge >= 0.3 is 0 Å². The molecule has 104 valence electrons. The number of aromatic nitrogens is 3. The molecule has 7 heteroatoms. The molecule has 1 aliphatic heterocycles. The molecule has 1 amide bonds. The number of hydrogen-bond donors (Lipinski definition) is 3. The first-order chi connectivity index (χ1) is 9.72. The number of carbonyl (C=O) groups is 1. The quantitative estimate of drug-likeness (QED) is 0.730. The van der Waals surface area contributed by atoms with Crippen LogP contribution in [0.2, 0.25) is 0 Å². The van der Waals surface area contributed by atoms with Gasteiger partial charge in [0.15, 0.2) is 6.10 Å². The van der Waals surface area contributed by atoms with Gasteiger partial charge in [-0.1, -0.05) is 18.2 Å². The Hall–Kier alpha value is -2.57. The fourth-order valence-corrected chi connectivity index (χ4v) is 2.17. The summed E-state index contributed by atoms with van der Waals surface area (Å²) in [6.07, 6.45) is 0.708. The molecule has 0 saturated heterocycles. The van der Waals surface area contributed by atoms with Crippen molar-refractivity contribution in [1.82, 2.24) is 20.5 Å². The number of benzene rings is 1. The van der Waals surface area contributed by atoms with Crippen LogP contribution in [-0.2, 0) is 17.6 Å². The predicted octanol–water partition coefficient (Wildman–Crippen LogP) is 0.0493. The molecule has 2 aromatic rings. The SMILES string of the molecule is Nc1n[nH]c(CCNC(=O)C2Cc3ccccc3O2)n1. The molecule has 2 heterocycles. The van der Waals surface area contributed by atoms with Crippen LogP contribution in [0.15, 0.2) is 24.3 Å². The normalized spacial score (nSPS) is 16.5. The first kappa shape index (κ1) is 12.5. The number of H-pyrrole nitrogens is 1. The third-order valence-electron chi connectivity index (χ3n) is 3.15. The van der Waals surface area contributed by atoms with Crippen LogP contribution in [0.4, 0.5) is 5.95 Å². The van der Waals surface area contributed by atoms with Gasteiger partial charge in [-0.15, -0.1) is 5.10 Å². The summed E-state index contributed by atoms with van der Waals surface area (Å²) in [4.78, 5) is 16.0. The number of aromatic amines is 1. The molecule has 1 aliphatic rings. The number of nitrogen functional groups attached to an aromatic ring is 1. The van der Waals surface area contributed by atoms with Crippen LogP contribution in [0, 0.1) is 0 Å². The lowest BCUT2D eigenvalue weighted by Gasteiger charge is -2.10. The zero-order chi connectivity index (χ0) is 13.9. The van der Waals surface area contributed by atoms with Crippen LogP contribution in [-0.4, -0.2) is 33.7 Å². The van der Waals surface area contributed by atoms with Crippen molar-refractivity contribution < 1.29 is 9.53 Å². The highest BCUT2D eigenvalue weighted by atomic mass is 16.5. The molecular weight excluding hydrogens is 258 g/mol. The van der Waals surface area contributed by atoms with E-state index in [0.717, 1.165) is 11.3 Å².